The van der Waals surface area contributed by atoms with Crippen molar-refractivity contribution in [3.05, 3.63) is 83.9 Å². The lowest BCUT2D eigenvalue weighted by Gasteiger charge is -2.16. The van der Waals surface area contributed by atoms with Crippen molar-refractivity contribution in [3.63, 3.8) is 0 Å². The average Bonchev–Trinajstić information content (AvgIpc) is 3.05. The maximum atomic E-state index is 13.0. The Kier molecular flexibility index (Phi) is 4.05. The second-order valence-electron chi connectivity index (χ2n) is 5.48. The molecular weight excluding hydrogens is 308 g/mol. The summed E-state index contributed by atoms with van der Waals surface area (Å²) in [5.74, 6) is -0.120. The Bertz CT molecular complexity index is 915. The molecule has 0 radical (unpaired) electrons. The summed E-state index contributed by atoms with van der Waals surface area (Å²) in [6, 6.07) is 16.3. The highest BCUT2D eigenvalue weighted by molar-refractivity contribution is 7.90. The lowest BCUT2D eigenvalue weighted by Crippen LogP contribution is -2.17. The van der Waals surface area contributed by atoms with Crippen LogP contribution < -0.4 is 0 Å². The molecule has 5 heteroatoms. The Morgan fingerprint density at radius 2 is 1.74 bits per heavy atom. The molecule has 1 aromatic carbocycles. The van der Waals surface area contributed by atoms with Crippen LogP contribution in [0.2, 0.25) is 0 Å². The lowest BCUT2D eigenvalue weighted by atomic mass is 10.0. The topological polar surface area (TPSA) is 52.0 Å². The highest BCUT2D eigenvalue weighted by Gasteiger charge is 2.24. The van der Waals surface area contributed by atoms with Crippen molar-refractivity contribution in [1.82, 2.24) is 8.96 Å². The fourth-order valence-corrected chi connectivity index (χ4v) is 4.33. The standard InChI is InChI=1S/C18H18N2O2S/c1-14-8-3-4-11-18(14)23(21,22)20-13-7-10-17(20)15(2)16-9-5-6-12-19-16/h3-13,15H,1-2H3. The van der Waals surface area contributed by atoms with Gasteiger partial charge in [-0.1, -0.05) is 31.2 Å². The van der Waals surface area contributed by atoms with E-state index in [2.05, 4.69) is 4.98 Å². The summed E-state index contributed by atoms with van der Waals surface area (Å²) in [6.45, 7) is 3.76. The smallest absolute Gasteiger partial charge is 0.261 e. The number of aromatic nitrogens is 2. The minimum atomic E-state index is -3.62. The van der Waals surface area contributed by atoms with Crippen LogP contribution in [0.4, 0.5) is 0 Å². The quantitative estimate of drug-likeness (QED) is 0.736. The molecule has 1 unspecified atom stereocenters. The summed E-state index contributed by atoms with van der Waals surface area (Å²) >= 11 is 0. The predicted molar refractivity (Wildman–Crippen MR) is 89.9 cm³/mol. The van der Waals surface area contributed by atoms with Crippen LogP contribution in [0.25, 0.3) is 0 Å². The van der Waals surface area contributed by atoms with E-state index in [1.165, 1.54) is 3.97 Å². The third-order valence-corrected chi connectivity index (χ3v) is 5.81. The molecule has 23 heavy (non-hydrogen) atoms. The Labute approximate surface area is 136 Å². The number of aryl methyl sites for hydroxylation is 1. The van der Waals surface area contributed by atoms with Gasteiger partial charge in [0.15, 0.2) is 0 Å². The molecule has 4 nitrogen and oxygen atoms in total. The van der Waals surface area contributed by atoms with Crippen LogP contribution in [0.1, 0.15) is 29.8 Å². The number of pyridine rings is 1. The SMILES string of the molecule is Cc1ccccc1S(=O)(=O)n1cccc1C(C)c1ccccn1. The predicted octanol–water partition coefficient (Wildman–Crippen LogP) is 3.58. The molecule has 0 amide bonds. The van der Waals surface area contributed by atoms with E-state index in [1.54, 1.807) is 43.6 Å². The van der Waals surface area contributed by atoms with Gasteiger partial charge in [-0.3, -0.25) is 4.98 Å². The molecule has 0 aliphatic carbocycles. The zero-order chi connectivity index (χ0) is 16.4. The van der Waals surface area contributed by atoms with E-state index in [9.17, 15) is 8.42 Å². The first kappa shape index (κ1) is 15.5. The van der Waals surface area contributed by atoms with Gasteiger partial charge in [-0.15, -0.1) is 0 Å². The van der Waals surface area contributed by atoms with Crippen LogP contribution in [0.3, 0.4) is 0 Å². The molecule has 2 aromatic heterocycles. The van der Waals surface area contributed by atoms with Gasteiger partial charge >= 0.3 is 0 Å². The summed E-state index contributed by atoms with van der Waals surface area (Å²) in [4.78, 5) is 4.66. The van der Waals surface area contributed by atoms with E-state index in [1.807, 2.05) is 37.3 Å². The molecule has 0 aliphatic rings. The second kappa shape index (κ2) is 6.01. The van der Waals surface area contributed by atoms with Crippen molar-refractivity contribution in [1.29, 1.82) is 0 Å². The van der Waals surface area contributed by atoms with Crippen LogP contribution in [-0.4, -0.2) is 17.4 Å². The zero-order valence-electron chi connectivity index (χ0n) is 13.0. The second-order valence-corrected chi connectivity index (χ2v) is 7.26. The Balaban J connectivity index is 2.10. The first-order valence-corrected chi connectivity index (χ1v) is 8.85. The van der Waals surface area contributed by atoms with E-state index in [0.29, 0.717) is 10.6 Å². The van der Waals surface area contributed by atoms with Crippen molar-refractivity contribution in [2.75, 3.05) is 0 Å². The number of hydrogen-bond donors (Lipinski definition) is 0. The number of benzene rings is 1. The van der Waals surface area contributed by atoms with Gasteiger partial charge in [0, 0.05) is 29.7 Å². The van der Waals surface area contributed by atoms with Crippen molar-refractivity contribution in [2.45, 2.75) is 24.7 Å². The molecule has 0 fully saturated rings. The fourth-order valence-electron chi connectivity index (χ4n) is 2.67. The molecule has 3 aromatic rings. The van der Waals surface area contributed by atoms with Gasteiger partial charge in [-0.2, -0.15) is 0 Å². The van der Waals surface area contributed by atoms with Gasteiger partial charge < -0.3 is 0 Å². The van der Waals surface area contributed by atoms with Gasteiger partial charge in [0.05, 0.1) is 4.90 Å². The summed E-state index contributed by atoms with van der Waals surface area (Å²) < 4.78 is 27.4. The molecule has 0 N–H and O–H groups in total. The van der Waals surface area contributed by atoms with Gasteiger partial charge in [-0.05, 0) is 42.8 Å². The Morgan fingerprint density at radius 3 is 2.43 bits per heavy atom. The number of nitrogens with zero attached hydrogens (tertiary/aromatic N) is 2. The fraction of sp³-hybridized carbons (Fsp3) is 0.167. The first-order valence-electron chi connectivity index (χ1n) is 7.41. The normalized spacial score (nSPS) is 13.0. The third kappa shape index (κ3) is 2.80. The number of hydrogen-bond acceptors (Lipinski definition) is 3. The molecule has 118 valence electrons. The summed E-state index contributed by atoms with van der Waals surface area (Å²) in [7, 11) is -3.62. The van der Waals surface area contributed by atoms with E-state index in [-0.39, 0.29) is 5.92 Å². The molecule has 2 heterocycles. The Hall–Kier alpha value is -2.40. The first-order chi connectivity index (χ1) is 11.0. The third-order valence-electron chi connectivity index (χ3n) is 3.95. The molecule has 0 aliphatic heterocycles. The summed E-state index contributed by atoms with van der Waals surface area (Å²) in [5, 5.41) is 0. The van der Waals surface area contributed by atoms with Crippen LogP contribution in [0.5, 0.6) is 0 Å². The van der Waals surface area contributed by atoms with Crippen molar-refractivity contribution in [2.24, 2.45) is 0 Å². The van der Waals surface area contributed by atoms with E-state index >= 15 is 0 Å². The van der Waals surface area contributed by atoms with Crippen LogP contribution >= 0.6 is 0 Å². The summed E-state index contributed by atoms with van der Waals surface area (Å²) in [6.07, 6.45) is 3.31. The van der Waals surface area contributed by atoms with Crippen LogP contribution in [0.15, 0.2) is 71.9 Å². The lowest BCUT2D eigenvalue weighted by molar-refractivity contribution is 0.583. The minimum absolute atomic E-state index is 0.120. The largest absolute Gasteiger partial charge is 0.268 e. The van der Waals surface area contributed by atoms with Crippen molar-refractivity contribution >= 4 is 10.0 Å². The van der Waals surface area contributed by atoms with Crippen molar-refractivity contribution in [3.8, 4) is 0 Å². The van der Waals surface area contributed by atoms with Gasteiger partial charge in [0.1, 0.15) is 0 Å². The van der Waals surface area contributed by atoms with Gasteiger partial charge in [0.2, 0.25) is 0 Å². The Morgan fingerprint density at radius 1 is 1.00 bits per heavy atom. The van der Waals surface area contributed by atoms with Crippen molar-refractivity contribution < 1.29 is 8.42 Å². The molecule has 0 saturated carbocycles. The zero-order valence-corrected chi connectivity index (χ0v) is 13.9. The van der Waals surface area contributed by atoms with E-state index in [4.69, 9.17) is 0 Å². The maximum absolute atomic E-state index is 13.0. The number of rotatable bonds is 4. The summed E-state index contributed by atoms with van der Waals surface area (Å²) in [5.41, 5.74) is 2.28. The highest BCUT2D eigenvalue weighted by Crippen LogP contribution is 2.27. The van der Waals surface area contributed by atoms with E-state index in [0.717, 1.165) is 11.3 Å². The molecule has 0 saturated heterocycles. The van der Waals surface area contributed by atoms with Gasteiger partial charge in [0.25, 0.3) is 10.0 Å². The average molecular weight is 326 g/mol. The highest BCUT2D eigenvalue weighted by atomic mass is 32.2. The monoisotopic (exact) mass is 326 g/mol. The maximum Gasteiger partial charge on any atom is 0.268 e. The molecule has 0 spiro atoms. The minimum Gasteiger partial charge on any atom is -0.261 e. The molecular formula is C18H18N2O2S. The molecule has 3 rings (SSSR count). The van der Waals surface area contributed by atoms with Crippen LogP contribution in [-0.2, 0) is 10.0 Å². The van der Waals surface area contributed by atoms with Crippen LogP contribution in [0, 0.1) is 6.92 Å². The van der Waals surface area contributed by atoms with Gasteiger partial charge in [-0.25, -0.2) is 12.4 Å². The molecule has 1 atom stereocenters. The molecule has 0 bridgehead atoms. The van der Waals surface area contributed by atoms with E-state index < -0.39 is 10.0 Å².